The van der Waals surface area contributed by atoms with Crippen LogP contribution in [0.1, 0.15) is 37.8 Å². The number of halogens is 3. The highest BCUT2D eigenvalue weighted by atomic mass is 32.2. The van der Waals surface area contributed by atoms with E-state index < -0.39 is 62.1 Å². The van der Waals surface area contributed by atoms with Crippen molar-refractivity contribution >= 4 is 27.5 Å². The van der Waals surface area contributed by atoms with Gasteiger partial charge < -0.3 is 0 Å². The molecule has 0 aromatic heterocycles. The number of sulfonamides is 1. The zero-order valence-electron chi connectivity index (χ0n) is 16.3. The number of nitriles is 1. The molecule has 1 aromatic rings. The third-order valence-corrected chi connectivity index (χ3v) is 8.23. The van der Waals surface area contributed by atoms with Crippen molar-refractivity contribution in [2.75, 3.05) is 11.2 Å². The van der Waals surface area contributed by atoms with E-state index in [1.165, 1.54) is 10.4 Å². The van der Waals surface area contributed by atoms with Crippen LogP contribution in [0.4, 0.5) is 18.9 Å². The molecular formula is C19H18F3N3O4S. The van der Waals surface area contributed by atoms with Gasteiger partial charge in [-0.25, -0.2) is 13.3 Å². The molecule has 0 aliphatic carbocycles. The zero-order valence-corrected chi connectivity index (χ0v) is 17.1. The molecule has 11 heteroatoms. The van der Waals surface area contributed by atoms with Crippen LogP contribution < -0.4 is 4.90 Å². The van der Waals surface area contributed by atoms with Crippen molar-refractivity contribution in [3.8, 4) is 6.07 Å². The molecule has 30 heavy (non-hydrogen) atoms. The summed E-state index contributed by atoms with van der Waals surface area (Å²) in [5.41, 5.74) is -4.39. The van der Waals surface area contributed by atoms with Crippen LogP contribution in [0.3, 0.4) is 0 Å². The van der Waals surface area contributed by atoms with Crippen molar-refractivity contribution in [1.29, 1.82) is 5.26 Å². The van der Waals surface area contributed by atoms with E-state index in [1.54, 1.807) is 13.8 Å². The number of hydrogen-bond acceptors (Lipinski definition) is 5. The second-order valence-corrected chi connectivity index (χ2v) is 10.4. The molecule has 3 heterocycles. The summed E-state index contributed by atoms with van der Waals surface area (Å²) in [5.74, 6) is -3.41. The lowest BCUT2D eigenvalue weighted by atomic mass is 9.69. The number of hydrogen-bond donors (Lipinski definition) is 0. The van der Waals surface area contributed by atoms with Crippen molar-refractivity contribution in [1.82, 2.24) is 4.31 Å². The van der Waals surface area contributed by atoms with Crippen molar-refractivity contribution in [3.05, 3.63) is 29.3 Å². The predicted octanol–water partition coefficient (Wildman–Crippen LogP) is 2.27. The minimum atomic E-state index is -4.84. The number of benzene rings is 1. The Morgan fingerprint density at radius 1 is 1.10 bits per heavy atom. The molecule has 0 radical (unpaired) electrons. The molecule has 2 bridgehead atoms. The quantitative estimate of drug-likeness (QED) is 0.656. The zero-order chi connectivity index (χ0) is 22.4. The summed E-state index contributed by atoms with van der Waals surface area (Å²) >= 11 is 0. The van der Waals surface area contributed by atoms with E-state index in [9.17, 15) is 31.2 Å². The van der Waals surface area contributed by atoms with Gasteiger partial charge in [-0.1, -0.05) is 0 Å². The fourth-order valence-electron chi connectivity index (χ4n) is 5.79. The number of carbonyl (C=O) groups excluding carboxylic acids is 2. The van der Waals surface area contributed by atoms with Gasteiger partial charge in [0.2, 0.25) is 21.8 Å². The second-order valence-electron chi connectivity index (χ2n) is 8.55. The van der Waals surface area contributed by atoms with Gasteiger partial charge >= 0.3 is 6.18 Å². The van der Waals surface area contributed by atoms with Crippen molar-refractivity contribution in [3.63, 3.8) is 0 Å². The van der Waals surface area contributed by atoms with E-state index >= 15 is 0 Å². The van der Waals surface area contributed by atoms with E-state index in [2.05, 4.69) is 0 Å². The fraction of sp³-hybridized carbons (Fsp3) is 0.526. The molecule has 160 valence electrons. The number of alkyl halides is 3. The average Bonchev–Trinajstić information content (AvgIpc) is 3.13. The summed E-state index contributed by atoms with van der Waals surface area (Å²) in [6, 6.07) is 4.14. The lowest BCUT2D eigenvalue weighted by molar-refractivity contribution is -0.138. The molecule has 7 nitrogen and oxygen atoms in total. The summed E-state index contributed by atoms with van der Waals surface area (Å²) in [6.45, 7) is 3.22. The Balaban J connectivity index is 1.84. The van der Waals surface area contributed by atoms with Crippen LogP contribution in [0, 0.1) is 23.2 Å². The van der Waals surface area contributed by atoms with Crippen molar-refractivity contribution in [2.24, 2.45) is 11.8 Å². The Kier molecular flexibility index (Phi) is 4.04. The van der Waals surface area contributed by atoms with E-state index in [0.29, 0.717) is 23.8 Å². The number of carbonyl (C=O) groups is 2. The van der Waals surface area contributed by atoms with Gasteiger partial charge in [-0.2, -0.15) is 22.7 Å². The van der Waals surface area contributed by atoms with Crippen LogP contribution in [0.2, 0.25) is 0 Å². The Morgan fingerprint density at radius 2 is 1.60 bits per heavy atom. The van der Waals surface area contributed by atoms with E-state index in [0.717, 1.165) is 18.4 Å². The van der Waals surface area contributed by atoms with Crippen molar-refractivity contribution < 1.29 is 31.2 Å². The molecule has 3 aliphatic rings. The molecule has 3 fully saturated rings. The molecular weight excluding hydrogens is 423 g/mol. The molecule has 2 amide bonds. The predicted molar refractivity (Wildman–Crippen MR) is 98.4 cm³/mol. The first-order valence-electron chi connectivity index (χ1n) is 9.17. The van der Waals surface area contributed by atoms with Gasteiger partial charge in [0, 0.05) is 11.1 Å². The van der Waals surface area contributed by atoms with Crippen LogP contribution in [0.25, 0.3) is 0 Å². The SMILES string of the molecule is CC12CCC(C)([C@H]3C(=O)N(c4ccc(C#N)c(C(F)(F)F)c4)C(=O)[C@H]31)N2S(C)(=O)=O. The number of fused-ring (bicyclic) bond motifs is 5. The molecule has 0 N–H and O–H groups in total. The van der Waals surface area contributed by atoms with Crippen LogP contribution in [-0.2, 0) is 25.8 Å². The van der Waals surface area contributed by atoms with Gasteiger partial charge in [0.15, 0.2) is 0 Å². The lowest BCUT2D eigenvalue weighted by Crippen LogP contribution is -2.53. The van der Waals surface area contributed by atoms with Gasteiger partial charge in [-0.3, -0.25) is 9.59 Å². The number of amides is 2. The smallest absolute Gasteiger partial charge is 0.274 e. The average molecular weight is 441 g/mol. The minimum Gasteiger partial charge on any atom is -0.274 e. The molecule has 3 aliphatic heterocycles. The topological polar surface area (TPSA) is 98.5 Å². The molecule has 4 rings (SSSR count). The molecule has 0 spiro atoms. The van der Waals surface area contributed by atoms with Gasteiger partial charge in [-0.05, 0) is 44.9 Å². The highest BCUT2D eigenvalue weighted by molar-refractivity contribution is 7.88. The Morgan fingerprint density at radius 3 is 2.00 bits per heavy atom. The van der Waals surface area contributed by atoms with Crippen LogP contribution in [0.15, 0.2) is 18.2 Å². The Labute approximate surface area is 171 Å². The standard InChI is InChI=1S/C19H18F3N3O4S/c1-17-6-7-18(2,25(17)30(3,28)29)14-13(17)15(26)24(16(14)27)11-5-4-10(9-23)12(8-11)19(20,21)22/h4-5,8,13-14H,6-7H2,1-3H3/t13-,14+,17?,18?. The lowest BCUT2D eigenvalue weighted by Gasteiger charge is -2.36. The van der Waals surface area contributed by atoms with Gasteiger partial charge in [0.05, 0.1) is 41.0 Å². The fourth-order valence-corrected chi connectivity index (χ4v) is 7.72. The van der Waals surface area contributed by atoms with E-state index in [4.69, 9.17) is 5.26 Å². The van der Waals surface area contributed by atoms with Gasteiger partial charge in [0.1, 0.15) is 0 Å². The third-order valence-electron chi connectivity index (χ3n) is 6.73. The summed E-state index contributed by atoms with van der Waals surface area (Å²) in [5, 5.41) is 8.96. The first-order chi connectivity index (χ1) is 13.7. The molecule has 2 unspecified atom stereocenters. The maximum absolute atomic E-state index is 13.4. The Bertz CT molecular complexity index is 1110. The summed E-state index contributed by atoms with van der Waals surface area (Å²) in [7, 11) is -3.74. The van der Waals surface area contributed by atoms with Crippen LogP contribution in [0.5, 0.6) is 0 Å². The largest absolute Gasteiger partial charge is 0.417 e. The Hall–Kier alpha value is -2.45. The number of imide groups is 1. The first-order valence-corrected chi connectivity index (χ1v) is 11.0. The highest BCUT2D eigenvalue weighted by Gasteiger charge is 2.77. The second kappa shape index (κ2) is 5.82. The normalized spacial score (nSPS) is 33.8. The van der Waals surface area contributed by atoms with Gasteiger partial charge in [-0.15, -0.1) is 0 Å². The first kappa shape index (κ1) is 20.8. The van der Waals surface area contributed by atoms with E-state index in [-0.39, 0.29) is 5.69 Å². The van der Waals surface area contributed by atoms with Crippen LogP contribution >= 0.6 is 0 Å². The molecule has 4 atom stereocenters. The molecule has 0 saturated carbocycles. The van der Waals surface area contributed by atoms with Crippen LogP contribution in [-0.4, -0.2) is 41.9 Å². The molecule has 1 aromatic carbocycles. The summed E-state index contributed by atoms with van der Waals surface area (Å²) in [4.78, 5) is 27.2. The maximum Gasteiger partial charge on any atom is 0.417 e. The molecule has 3 saturated heterocycles. The monoisotopic (exact) mass is 441 g/mol. The summed E-state index contributed by atoms with van der Waals surface area (Å²) in [6.07, 6.45) is -3.08. The van der Waals surface area contributed by atoms with Gasteiger partial charge in [0.25, 0.3) is 0 Å². The van der Waals surface area contributed by atoms with Crippen molar-refractivity contribution in [2.45, 2.75) is 43.9 Å². The number of rotatable bonds is 2. The maximum atomic E-state index is 13.4. The summed E-state index contributed by atoms with van der Waals surface area (Å²) < 4.78 is 66.2. The van der Waals surface area contributed by atoms with E-state index in [1.807, 2.05) is 0 Å². The number of nitrogens with zero attached hydrogens (tertiary/aromatic N) is 3. The third kappa shape index (κ3) is 2.43. The highest BCUT2D eigenvalue weighted by Crippen LogP contribution is 2.63. The minimum absolute atomic E-state index is 0.275. The number of anilines is 1.